The Bertz CT molecular complexity index is 286. The summed E-state index contributed by atoms with van der Waals surface area (Å²) in [5, 5.41) is 0. The number of rotatable bonds is 4. The van der Waals surface area contributed by atoms with Crippen molar-refractivity contribution in [1.29, 1.82) is 0 Å². The minimum absolute atomic E-state index is 0.00262. The van der Waals surface area contributed by atoms with Crippen LogP contribution in [0.1, 0.15) is 58.8 Å². The summed E-state index contributed by atoms with van der Waals surface area (Å²) < 4.78 is 5.19. The molecule has 3 heteroatoms. The average molecular weight is 253 g/mol. The van der Waals surface area contributed by atoms with Gasteiger partial charge in [-0.05, 0) is 58.0 Å². The quantitative estimate of drug-likeness (QED) is 0.721. The maximum atomic E-state index is 11.9. The van der Waals surface area contributed by atoms with Crippen molar-refractivity contribution in [3.05, 3.63) is 0 Å². The fourth-order valence-electron chi connectivity index (χ4n) is 3.78. The molecule has 1 heterocycles. The third-order valence-corrected chi connectivity index (χ3v) is 4.64. The lowest BCUT2D eigenvalue weighted by Gasteiger charge is -2.43. The van der Waals surface area contributed by atoms with Gasteiger partial charge < -0.3 is 4.74 Å². The summed E-state index contributed by atoms with van der Waals surface area (Å²) in [6.07, 6.45) is 8.14. The van der Waals surface area contributed by atoms with Crippen molar-refractivity contribution in [2.24, 2.45) is 5.92 Å². The van der Waals surface area contributed by atoms with Gasteiger partial charge in [-0.25, -0.2) is 0 Å². The van der Waals surface area contributed by atoms with Crippen LogP contribution in [0.5, 0.6) is 0 Å². The molecule has 1 aliphatic carbocycles. The Morgan fingerprint density at radius 3 is 2.61 bits per heavy atom. The van der Waals surface area contributed by atoms with Crippen molar-refractivity contribution < 1.29 is 9.53 Å². The highest BCUT2D eigenvalue weighted by molar-refractivity contribution is 5.71. The minimum Gasteiger partial charge on any atom is -0.466 e. The lowest BCUT2D eigenvalue weighted by molar-refractivity contribution is -0.147. The van der Waals surface area contributed by atoms with E-state index in [9.17, 15) is 4.79 Å². The van der Waals surface area contributed by atoms with E-state index >= 15 is 0 Å². The van der Waals surface area contributed by atoms with Crippen molar-refractivity contribution in [2.45, 2.75) is 64.3 Å². The first-order valence-corrected chi connectivity index (χ1v) is 7.57. The predicted octanol–water partition coefficient (Wildman–Crippen LogP) is 2.98. The van der Waals surface area contributed by atoms with Gasteiger partial charge in [-0.1, -0.05) is 13.3 Å². The van der Waals surface area contributed by atoms with E-state index in [0.29, 0.717) is 13.0 Å². The van der Waals surface area contributed by atoms with E-state index in [1.807, 2.05) is 6.92 Å². The van der Waals surface area contributed by atoms with Crippen LogP contribution in [0.15, 0.2) is 0 Å². The Kier molecular flexibility index (Phi) is 4.66. The molecule has 0 spiro atoms. The lowest BCUT2D eigenvalue weighted by Crippen LogP contribution is -2.50. The fourth-order valence-corrected chi connectivity index (χ4v) is 3.78. The zero-order valence-corrected chi connectivity index (χ0v) is 11.9. The second kappa shape index (κ2) is 6.05. The van der Waals surface area contributed by atoms with Crippen LogP contribution in [0.4, 0.5) is 0 Å². The van der Waals surface area contributed by atoms with Crippen LogP contribution in [0.2, 0.25) is 0 Å². The predicted molar refractivity (Wildman–Crippen MR) is 72.4 cm³/mol. The number of ether oxygens (including phenoxy) is 1. The fraction of sp³-hybridized carbons (Fsp3) is 0.933. The van der Waals surface area contributed by atoms with E-state index < -0.39 is 0 Å². The van der Waals surface area contributed by atoms with Crippen molar-refractivity contribution in [3.63, 3.8) is 0 Å². The molecular weight excluding hydrogens is 226 g/mol. The summed E-state index contributed by atoms with van der Waals surface area (Å²) in [4.78, 5) is 14.5. The van der Waals surface area contributed by atoms with Gasteiger partial charge in [0.2, 0.25) is 0 Å². The molecule has 2 rings (SSSR count). The number of hydrogen-bond acceptors (Lipinski definition) is 3. The standard InChI is InChI=1S/C15H27NO2/c1-3-18-14(17)12-15(8-7-13(2)11-15)16-9-5-4-6-10-16/h13H,3-12H2,1-2H3. The zero-order valence-electron chi connectivity index (χ0n) is 11.9. The molecule has 0 bridgehead atoms. The molecule has 0 amide bonds. The van der Waals surface area contributed by atoms with Gasteiger partial charge >= 0.3 is 5.97 Å². The molecule has 0 N–H and O–H groups in total. The molecular formula is C15H27NO2. The Balaban J connectivity index is 2.05. The maximum Gasteiger partial charge on any atom is 0.307 e. The van der Waals surface area contributed by atoms with Crippen molar-refractivity contribution in [1.82, 2.24) is 4.90 Å². The van der Waals surface area contributed by atoms with Gasteiger partial charge in [0.25, 0.3) is 0 Å². The number of esters is 1. The van der Waals surface area contributed by atoms with Crippen LogP contribution in [0.3, 0.4) is 0 Å². The summed E-state index contributed by atoms with van der Waals surface area (Å²) in [5.41, 5.74) is 0.117. The summed E-state index contributed by atoms with van der Waals surface area (Å²) in [5.74, 6) is 0.749. The van der Waals surface area contributed by atoms with Crippen molar-refractivity contribution in [3.8, 4) is 0 Å². The molecule has 0 aromatic carbocycles. The highest BCUT2D eigenvalue weighted by Crippen LogP contribution is 2.42. The van der Waals surface area contributed by atoms with Gasteiger partial charge in [-0.3, -0.25) is 9.69 Å². The van der Waals surface area contributed by atoms with E-state index in [4.69, 9.17) is 4.74 Å². The summed E-state index contributed by atoms with van der Waals surface area (Å²) in [7, 11) is 0. The van der Waals surface area contributed by atoms with Gasteiger partial charge in [0.1, 0.15) is 0 Å². The number of likely N-dealkylation sites (tertiary alicyclic amines) is 1. The number of piperidine rings is 1. The van der Waals surface area contributed by atoms with Crippen LogP contribution in [-0.4, -0.2) is 36.1 Å². The Hall–Kier alpha value is -0.570. The molecule has 18 heavy (non-hydrogen) atoms. The van der Waals surface area contributed by atoms with Crippen LogP contribution >= 0.6 is 0 Å². The van der Waals surface area contributed by atoms with Crippen molar-refractivity contribution >= 4 is 5.97 Å². The first kappa shape index (κ1) is 13.9. The second-order valence-electron chi connectivity index (χ2n) is 6.10. The van der Waals surface area contributed by atoms with Gasteiger partial charge in [0, 0.05) is 5.54 Å². The second-order valence-corrected chi connectivity index (χ2v) is 6.10. The number of hydrogen-bond donors (Lipinski definition) is 0. The first-order chi connectivity index (χ1) is 8.66. The third kappa shape index (κ3) is 3.05. The lowest BCUT2D eigenvalue weighted by atomic mass is 9.88. The molecule has 1 saturated carbocycles. The highest BCUT2D eigenvalue weighted by Gasteiger charge is 2.44. The molecule has 2 aliphatic rings. The number of nitrogens with zero attached hydrogens (tertiary/aromatic N) is 1. The molecule has 2 unspecified atom stereocenters. The first-order valence-electron chi connectivity index (χ1n) is 7.57. The van der Waals surface area contributed by atoms with Gasteiger partial charge in [0.05, 0.1) is 13.0 Å². The summed E-state index contributed by atoms with van der Waals surface area (Å²) >= 11 is 0. The van der Waals surface area contributed by atoms with E-state index in [2.05, 4.69) is 11.8 Å². The van der Waals surface area contributed by atoms with Crippen LogP contribution in [0.25, 0.3) is 0 Å². The topological polar surface area (TPSA) is 29.5 Å². The third-order valence-electron chi connectivity index (χ3n) is 4.64. The normalized spacial score (nSPS) is 33.6. The van der Waals surface area contributed by atoms with Gasteiger partial charge in [0.15, 0.2) is 0 Å². The van der Waals surface area contributed by atoms with Crippen LogP contribution < -0.4 is 0 Å². The summed E-state index contributed by atoms with van der Waals surface area (Å²) in [6, 6.07) is 0. The molecule has 0 radical (unpaired) electrons. The highest BCUT2D eigenvalue weighted by atomic mass is 16.5. The van der Waals surface area contributed by atoms with Gasteiger partial charge in [-0.15, -0.1) is 0 Å². The maximum absolute atomic E-state index is 11.9. The molecule has 0 aromatic rings. The molecule has 2 atom stereocenters. The molecule has 1 aliphatic heterocycles. The molecule has 2 fully saturated rings. The van der Waals surface area contributed by atoms with Gasteiger partial charge in [-0.2, -0.15) is 0 Å². The van der Waals surface area contributed by atoms with Crippen LogP contribution in [0, 0.1) is 5.92 Å². The molecule has 1 saturated heterocycles. The summed E-state index contributed by atoms with van der Waals surface area (Å²) in [6.45, 7) is 7.06. The Morgan fingerprint density at radius 2 is 2.06 bits per heavy atom. The van der Waals surface area contributed by atoms with Crippen molar-refractivity contribution in [2.75, 3.05) is 19.7 Å². The van der Waals surface area contributed by atoms with Crippen LogP contribution in [-0.2, 0) is 9.53 Å². The van der Waals surface area contributed by atoms with E-state index in [1.54, 1.807) is 0 Å². The Morgan fingerprint density at radius 1 is 1.33 bits per heavy atom. The number of carbonyl (C=O) groups is 1. The Labute approximate surface area is 111 Å². The molecule has 104 valence electrons. The minimum atomic E-state index is -0.00262. The molecule has 3 nitrogen and oxygen atoms in total. The zero-order chi connectivity index (χ0) is 13.0. The number of carbonyl (C=O) groups excluding carboxylic acids is 1. The van der Waals surface area contributed by atoms with E-state index in [1.165, 1.54) is 51.6 Å². The largest absolute Gasteiger partial charge is 0.466 e. The molecule has 0 aromatic heterocycles. The monoisotopic (exact) mass is 253 g/mol. The van der Waals surface area contributed by atoms with E-state index in [0.717, 1.165) is 5.92 Å². The smallest absolute Gasteiger partial charge is 0.307 e. The average Bonchev–Trinajstić information content (AvgIpc) is 2.73. The SMILES string of the molecule is CCOC(=O)CC1(N2CCCCC2)CCC(C)C1. The van der Waals surface area contributed by atoms with E-state index in [-0.39, 0.29) is 11.5 Å².